The second-order valence-corrected chi connectivity index (χ2v) is 6.12. The molecular formula is C20H21N3O2. The minimum Gasteiger partial charge on any atom is -0.477 e. The van der Waals surface area contributed by atoms with Crippen LogP contribution < -0.4 is 5.32 Å². The third-order valence-electron chi connectivity index (χ3n) is 4.34. The fraction of sp³-hybridized carbons (Fsp3) is 0.300. The first kappa shape index (κ1) is 15.8. The van der Waals surface area contributed by atoms with E-state index in [9.17, 15) is 0 Å². The maximum atomic E-state index is 5.68. The first-order valence-corrected chi connectivity index (χ1v) is 8.58. The maximum absolute atomic E-state index is 5.68. The number of hydrogen-bond donors (Lipinski definition) is 1. The summed E-state index contributed by atoms with van der Waals surface area (Å²) < 4.78 is 11.4. The van der Waals surface area contributed by atoms with E-state index in [0.717, 1.165) is 11.8 Å². The van der Waals surface area contributed by atoms with Crippen LogP contribution in [0.3, 0.4) is 0 Å². The molecule has 1 N–H and O–H groups in total. The van der Waals surface area contributed by atoms with Crippen molar-refractivity contribution in [2.24, 2.45) is 9.98 Å². The zero-order chi connectivity index (χ0) is 16.9. The molecule has 2 aliphatic rings. The van der Waals surface area contributed by atoms with E-state index in [4.69, 9.17) is 9.47 Å². The molecule has 0 saturated heterocycles. The first-order valence-electron chi connectivity index (χ1n) is 8.58. The third-order valence-corrected chi connectivity index (χ3v) is 4.34. The summed E-state index contributed by atoms with van der Waals surface area (Å²) in [6.07, 6.45) is 0. The molecule has 2 aromatic carbocycles. The predicted octanol–water partition coefficient (Wildman–Crippen LogP) is 2.92. The van der Waals surface area contributed by atoms with Crippen molar-refractivity contribution in [2.45, 2.75) is 12.1 Å². The Morgan fingerprint density at radius 2 is 1.16 bits per heavy atom. The summed E-state index contributed by atoms with van der Waals surface area (Å²) in [7, 11) is 0. The van der Waals surface area contributed by atoms with Crippen LogP contribution in [0.1, 0.15) is 23.2 Å². The zero-order valence-corrected chi connectivity index (χ0v) is 14.0. The van der Waals surface area contributed by atoms with E-state index >= 15 is 0 Å². The Morgan fingerprint density at radius 1 is 0.720 bits per heavy atom. The lowest BCUT2D eigenvalue weighted by molar-refractivity contribution is 0.307. The van der Waals surface area contributed by atoms with E-state index in [2.05, 4.69) is 39.6 Å². The number of aliphatic imine (C=N–C) groups is 2. The molecule has 0 bridgehead atoms. The predicted molar refractivity (Wildman–Crippen MR) is 98.0 cm³/mol. The Bertz CT molecular complexity index is 694. The van der Waals surface area contributed by atoms with Crippen LogP contribution in [0.5, 0.6) is 0 Å². The van der Waals surface area contributed by atoms with Crippen LogP contribution in [0, 0.1) is 0 Å². The number of ether oxygens (including phenoxy) is 2. The lowest BCUT2D eigenvalue weighted by Gasteiger charge is -2.04. The molecule has 5 nitrogen and oxygen atoms in total. The van der Waals surface area contributed by atoms with Crippen molar-refractivity contribution < 1.29 is 9.47 Å². The Balaban J connectivity index is 1.27. The van der Waals surface area contributed by atoms with E-state index in [1.54, 1.807) is 0 Å². The van der Waals surface area contributed by atoms with Gasteiger partial charge in [0.1, 0.15) is 25.3 Å². The van der Waals surface area contributed by atoms with Gasteiger partial charge in [-0.05, 0) is 11.1 Å². The summed E-state index contributed by atoms with van der Waals surface area (Å²) in [5.41, 5.74) is 2.37. The van der Waals surface area contributed by atoms with Gasteiger partial charge in [-0.25, -0.2) is 9.98 Å². The van der Waals surface area contributed by atoms with Gasteiger partial charge in [0.2, 0.25) is 0 Å². The van der Waals surface area contributed by atoms with Gasteiger partial charge in [-0.15, -0.1) is 0 Å². The molecule has 128 valence electrons. The lowest BCUT2D eigenvalue weighted by atomic mass is 10.1. The normalized spacial score (nSPS) is 22.1. The summed E-state index contributed by atoms with van der Waals surface area (Å²) in [6, 6.07) is 20.7. The molecule has 0 unspecified atom stereocenters. The van der Waals surface area contributed by atoms with Gasteiger partial charge in [-0.3, -0.25) is 0 Å². The summed E-state index contributed by atoms with van der Waals surface area (Å²) in [6.45, 7) is 2.38. The largest absolute Gasteiger partial charge is 0.477 e. The minimum atomic E-state index is 0.0977. The average Bonchev–Trinajstić information content (AvgIpc) is 3.33. The van der Waals surface area contributed by atoms with Crippen LogP contribution in [-0.4, -0.2) is 38.1 Å². The van der Waals surface area contributed by atoms with Gasteiger partial charge in [0.15, 0.2) is 11.8 Å². The molecule has 2 aliphatic heterocycles. The van der Waals surface area contributed by atoms with Crippen LogP contribution in [0.4, 0.5) is 0 Å². The highest BCUT2D eigenvalue weighted by molar-refractivity contribution is 5.83. The van der Waals surface area contributed by atoms with Gasteiger partial charge in [0.05, 0.1) is 13.1 Å². The number of nitrogens with one attached hydrogen (secondary N) is 1. The molecule has 2 atom stereocenters. The highest BCUT2D eigenvalue weighted by Gasteiger charge is 2.22. The second kappa shape index (κ2) is 7.49. The number of benzene rings is 2. The Labute approximate surface area is 147 Å². The van der Waals surface area contributed by atoms with Gasteiger partial charge in [0.25, 0.3) is 0 Å². The molecule has 0 amide bonds. The number of hydrogen-bond acceptors (Lipinski definition) is 5. The van der Waals surface area contributed by atoms with Crippen LogP contribution in [0.2, 0.25) is 0 Å². The van der Waals surface area contributed by atoms with Crippen LogP contribution in [0.25, 0.3) is 0 Å². The molecule has 5 heteroatoms. The zero-order valence-electron chi connectivity index (χ0n) is 14.0. The molecule has 0 radical (unpaired) electrons. The van der Waals surface area contributed by atoms with E-state index < -0.39 is 0 Å². The van der Waals surface area contributed by atoms with Crippen LogP contribution >= 0.6 is 0 Å². The lowest BCUT2D eigenvalue weighted by Crippen LogP contribution is -2.28. The molecule has 2 aromatic rings. The van der Waals surface area contributed by atoms with Crippen molar-refractivity contribution in [1.82, 2.24) is 5.32 Å². The van der Waals surface area contributed by atoms with Crippen LogP contribution in [0.15, 0.2) is 70.6 Å². The SMILES string of the molecule is c1ccc([C@H]2COC(CNCC3=N[C@@H](c4ccccc4)CO3)=N2)cc1. The smallest absolute Gasteiger partial charge is 0.198 e. The summed E-state index contributed by atoms with van der Waals surface area (Å²) in [4.78, 5) is 9.27. The van der Waals surface area contributed by atoms with Crippen molar-refractivity contribution in [2.75, 3.05) is 26.3 Å². The maximum Gasteiger partial charge on any atom is 0.198 e. The minimum absolute atomic E-state index is 0.0977. The summed E-state index contributed by atoms with van der Waals surface area (Å²) in [5.74, 6) is 1.49. The number of nitrogens with zero attached hydrogens (tertiary/aromatic N) is 2. The number of rotatable bonds is 6. The van der Waals surface area contributed by atoms with E-state index in [1.165, 1.54) is 11.1 Å². The van der Waals surface area contributed by atoms with Gasteiger partial charge >= 0.3 is 0 Å². The Kier molecular flexibility index (Phi) is 4.74. The van der Waals surface area contributed by atoms with Crippen molar-refractivity contribution in [3.05, 3.63) is 71.8 Å². The third kappa shape index (κ3) is 3.88. The monoisotopic (exact) mass is 335 g/mol. The molecule has 0 fully saturated rings. The molecule has 25 heavy (non-hydrogen) atoms. The molecule has 0 spiro atoms. The fourth-order valence-corrected chi connectivity index (χ4v) is 3.01. The Hall–Kier alpha value is -2.66. The van der Waals surface area contributed by atoms with Gasteiger partial charge in [-0.2, -0.15) is 0 Å². The molecule has 0 saturated carbocycles. The van der Waals surface area contributed by atoms with Crippen molar-refractivity contribution in [3.8, 4) is 0 Å². The molecular weight excluding hydrogens is 314 g/mol. The van der Waals surface area contributed by atoms with Crippen molar-refractivity contribution in [3.63, 3.8) is 0 Å². The van der Waals surface area contributed by atoms with E-state index in [0.29, 0.717) is 26.3 Å². The first-order chi connectivity index (χ1) is 12.4. The standard InChI is InChI=1S/C20H21N3O2/c1-3-7-15(8-4-1)17-13-24-19(22-17)11-21-12-20-23-18(14-25-20)16-9-5-2-6-10-16/h1-10,17-18,21H,11-14H2/t17-,18-/m1/s1. The van der Waals surface area contributed by atoms with E-state index in [1.807, 2.05) is 36.4 Å². The van der Waals surface area contributed by atoms with E-state index in [-0.39, 0.29) is 12.1 Å². The van der Waals surface area contributed by atoms with Crippen molar-refractivity contribution in [1.29, 1.82) is 0 Å². The molecule has 0 aromatic heterocycles. The topological polar surface area (TPSA) is 55.2 Å². The Morgan fingerprint density at radius 3 is 1.60 bits per heavy atom. The van der Waals surface area contributed by atoms with Crippen LogP contribution in [-0.2, 0) is 9.47 Å². The fourth-order valence-electron chi connectivity index (χ4n) is 3.01. The van der Waals surface area contributed by atoms with Gasteiger partial charge in [-0.1, -0.05) is 60.7 Å². The molecule has 0 aliphatic carbocycles. The molecule has 4 rings (SSSR count). The van der Waals surface area contributed by atoms with Gasteiger partial charge in [0, 0.05) is 0 Å². The van der Waals surface area contributed by atoms with Gasteiger partial charge < -0.3 is 14.8 Å². The quantitative estimate of drug-likeness (QED) is 0.883. The highest BCUT2D eigenvalue weighted by atomic mass is 16.5. The summed E-state index contributed by atoms with van der Waals surface area (Å²) in [5, 5.41) is 3.30. The molecule has 2 heterocycles. The second-order valence-electron chi connectivity index (χ2n) is 6.12. The average molecular weight is 335 g/mol. The highest BCUT2D eigenvalue weighted by Crippen LogP contribution is 2.23. The van der Waals surface area contributed by atoms with Crippen molar-refractivity contribution >= 4 is 11.8 Å². The summed E-state index contributed by atoms with van der Waals surface area (Å²) >= 11 is 0.